The molecule has 8 nitrogen and oxygen atoms in total. The second-order valence-corrected chi connectivity index (χ2v) is 7.25. The van der Waals surface area contributed by atoms with E-state index in [1.54, 1.807) is 49.5 Å². The van der Waals surface area contributed by atoms with Gasteiger partial charge in [-0.25, -0.2) is 14.2 Å². The predicted octanol–water partition coefficient (Wildman–Crippen LogP) is 3.24. The zero-order valence-corrected chi connectivity index (χ0v) is 17.5. The van der Waals surface area contributed by atoms with Gasteiger partial charge in [0, 0.05) is 23.9 Å². The number of benzene rings is 1. The van der Waals surface area contributed by atoms with Crippen molar-refractivity contribution < 1.29 is 23.5 Å². The maximum atomic E-state index is 13.8. The molecule has 4 rings (SSSR count). The van der Waals surface area contributed by atoms with Crippen LogP contribution in [0.4, 0.5) is 14.9 Å². The average molecular weight is 436 g/mol. The van der Waals surface area contributed by atoms with Crippen LogP contribution >= 0.6 is 0 Å². The summed E-state index contributed by atoms with van der Waals surface area (Å²) in [7, 11) is 1.53. The van der Waals surface area contributed by atoms with E-state index < -0.39 is 18.0 Å². The molecule has 1 fully saturated rings. The molecule has 9 heteroatoms. The molecule has 0 radical (unpaired) electrons. The summed E-state index contributed by atoms with van der Waals surface area (Å²) in [6.45, 7) is 1.99. The van der Waals surface area contributed by atoms with Gasteiger partial charge in [0.1, 0.15) is 11.9 Å². The molecule has 1 aliphatic heterocycles. The number of halogens is 1. The van der Waals surface area contributed by atoms with Gasteiger partial charge in [-0.05, 0) is 42.8 Å². The summed E-state index contributed by atoms with van der Waals surface area (Å²) >= 11 is 0. The molecule has 3 heterocycles. The molecular weight excluding hydrogens is 415 g/mol. The summed E-state index contributed by atoms with van der Waals surface area (Å²) in [5.41, 5.74) is 2.91. The zero-order chi connectivity index (χ0) is 22.7. The second kappa shape index (κ2) is 9.01. The van der Waals surface area contributed by atoms with E-state index in [4.69, 9.17) is 9.47 Å². The molecular formula is C23H21FN4O4. The Kier molecular flexibility index (Phi) is 5.98. The van der Waals surface area contributed by atoms with Crippen molar-refractivity contribution in [1.82, 2.24) is 15.3 Å². The van der Waals surface area contributed by atoms with Crippen LogP contribution in [-0.4, -0.2) is 48.3 Å². The van der Waals surface area contributed by atoms with Crippen molar-refractivity contribution in [2.24, 2.45) is 0 Å². The summed E-state index contributed by atoms with van der Waals surface area (Å²) in [6, 6.07) is 9.81. The van der Waals surface area contributed by atoms with Gasteiger partial charge in [-0.1, -0.05) is 6.07 Å². The highest BCUT2D eigenvalue weighted by atomic mass is 19.1. The maximum absolute atomic E-state index is 13.8. The number of nitrogens with zero attached hydrogens (tertiary/aromatic N) is 3. The van der Waals surface area contributed by atoms with Crippen LogP contribution in [0.5, 0.6) is 5.88 Å². The molecule has 1 aromatic carbocycles. The van der Waals surface area contributed by atoms with Crippen LogP contribution < -0.4 is 15.0 Å². The number of ether oxygens (including phenoxy) is 2. The molecule has 1 aliphatic rings. The average Bonchev–Trinajstić information content (AvgIpc) is 3.18. The van der Waals surface area contributed by atoms with Gasteiger partial charge in [0.15, 0.2) is 0 Å². The van der Waals surface area contributed by atoms with Crippen LogP contribution in [0.2, 0.25) is 0 Å². The van der Waals surface area contributed by atoms with E-state index >= 15 is 0 Å². The van der Waals surface area contributed by atoms with Crippen molar-refractivity contribution >= 4 is 34.8 Å². The van der Waals surface area contributed by atoms with E-state index in [1.807, 2.05) is 0 Å². The monoisotopic (exact) mass is 436 g/mol. The minimum Gasteiger partial charge on any atom is -0.481 e. The summed E-state index contributed by atoms with van der Waals surface area (Å²) in [6.07, 6.45) is 3.52. The number of pyridine rings is 2. The van der Waals surface area contributed by atoms with Crippen LogP contribution in [0.15, 0.2) is 48.7 Å². The first-order chi connectivity index (χ1) is 15.4. The topological polar surface area (TPSA) is 93.7 Å². The number of methoxy groups -OCH3 is 1. The number of aromatic nitrogens is 2. The largest absolute Gasteiger partial charge is 0.481 e. The standard InChI is InChI=1S/C23H21FN4O4/c1-14-3-5-16(11-18(14)24)28-13-17(32-23(28)30)12-26-20(29)7-4-15-9-10-25-19-6-8-21(31-2)27-22(15)19/h3-11,17H,12-13H2,1-2H3,(H,26,29). The third-order valence-electron chi connectivity index (χ3n) is 5.06. The fourth-order valence-corrected chi connectivity index (χ4v) is 3.30. The molecule has 0 spiro atoms. The zero-order valence-electron chi connectivity index (χ0n) is 17.5. The van der Waals surface area contributed by atoms with Crippen molar-refractivity contribution in [2.45, 2.75) is 13.0 Å². The highest BCUT2D eigenvalue weighted by molar-refractivity contribution is 5.95. The fourth-order valence-electron chi connectivity index (χ4n) is 3.30. The van der Waals surface area contributed by atoms with E-state index in [0.29, 0.717) is 33.7 Å². The van der Waals surface area contributed by atoms with E-state index in [2.05, 4.69) is 15.3 Å². The number of cyclic esters (lactones) is 1. The van der Waals surface area contributed by atoms with Gasteiger partial charge in [-0.2, -0.15) is 0 Å². The third kappa shape index (κ3) is 4.51. The van der Waals surface area contributed by atoms with Crippen molar-refractivity contribution in [3.63, 3.8) is 0 Å². The van der Waals surface area contributed by atoms with E-state index in [9.17, 15) is 14.0 Å². The quantitative estimate of drug-likeness (QED) is 0.597. The second-order valence-electron chi connectivity index (χ2n) is 7.25. The van der Waals surface area contributed by atoms with Crippen LogP contribution in [-0.2, 0) is 9.53 Å². The van der Waals surface area contributed by atoms with Gasteiger partial charge in [0.2, 0.25) is 11.8 Å². The van der Waals surface area contributed by atoms with Crippen molar-refractivity contribution in [3.05, 3.63) is 65.6 Å². The maximum Gasteiger partial charge on any atom is 0.414 e. The van der Waals surface area contributed by atoms with Gasteiger partial charge in [0.25, 0.3) is 0 Å². The normalized spacial score (nSPS) is 15.9. The molecule has 0 saturated carbocycles. The third-order valence-corrected chi connectivity index (χ3v) is 5.06. The van der Waals surface area contributed by atoms with E-state index in [-0.39, 0.29) is 19.0 Å². The van der Waals surface area contributed by atoms with Crippen molar-refractivity contribution in [3.8, 4) is 5.88 Å². The van der Waals surface area contributed by atoms with Gasteiger partial charge in [-0.15, -0.1) is 0 Å². The highest BCUT2D eigenvalue weighted by Crippen LogP contribution is 2.24. The molecule has 2 amide bonds. The van der Waals surface area contributed by atoms with Gasteiger partial charge in [-0.3, -0.25) is 14.7 Å². The molecule has 164 valence electrons. The lowest BCUT2D eigenvalue weighted by Crippen LogP contribution is -2.33. The lowest BCUT2D eigenvalue weighted by molar-refractivity contribution is -0.116. The van der Waals surface area contributed by atoms with Crippen molar-refractivity contribution in [1.29, 1.82) is 0 Å². The number of hydrogen-bond acceptors (Lipinski definition) is 6. The van der Waals surface area contributed by atoms with Crippen molar-refractivity contribution in [2.75, 3.05) is 25.1 Å². The SMILES string of the molecule is COc1ccc2nccc(C=CC(=O)NCC3CN(c4ccc(C)c(F)c4)C(=O)O3)c2n1. The van der Waals surface area contributed by atoms with Gasteiger partial charge in [0.05, 0.1) is 36.9 Å². The first-order valence-corrected chi connectivity index (χ1v) is 9.94. The summed E-state index contributed by atoms with van der Waals surface area (Å²) in [5, 5.41) is 2.71. The Bertz CT molecular complexity index is 1210. The Morgan fingerprint density at radius 2 is 2.19 bits per heavy atom. The van der Waals surface area contributed by atoms with Crippen LogP contribution in [0, 0.1) is 12.7 Å². The molecule has 1 unspecified atom stereocenters. The number of carbonyl (C=O) groups excluding carboxylic acids is 2. The first kappa shape index (κ1) is 21.2. The number of fused-ring (bicyclic) bond motifs is 1. The Morgan fingerprint density at radius 3 is 2.97 bits per heavy atom. The molecule has 2 aromatic heterocycles. The Labute approximate surface area is 183 Å². The number of nitrogens with one attached hydrogen (secondary N) is 1. The number of aryl methyl sites for hydroxylation is 1. The molecule has 0 aliphatic carbocycles. The van der Waals surface area contributed by atoms with Gasteiger partial charge < -0.3 is 14.8 Å². The minimum atomic E-state index is -0.577. The molecule has 3 aromatic rings. The van der Waals surface area contributed by atoms with Crippen LogP contribution in [0.25, 0.3) is 17.1 Å². The predicted molar refractivity (Wildman–Crippen MR) is 117 cm³/mol. The lowest BCUT2D eigenvalue weighted by Gasteiger charge is -2.13. The minimum absolute atomic E-state index is 0.128. The number of amides is 2. The Balaban J connectivity index is 1.37. The molecule has 1 N–H and O–H groups in total. The summed E-state index contributed by atoms with van der Waals surface area (Å²) in [5.74, 6) is -0.299. The number of anilines is 1. The highest BCUT2D eigenvalue weighted by Gasteiger charge is 2.32. The van der Waals surface area contributed by atoms with Crippen LogP contribution in [0.1, 0.15) is 11.1 Å². The molecule has 0 bridgehead atoms. The summed E-state index contributed by atoms with van der Waals surface area (Å²) < 4.78 is 24.3. The van der Waals surface area contributed by atoms with E-state index in [0.717, 1.165) is 0 Å². The molecule has 1 atom stereocenters. The van der Waals surface area contributed by atoms with Gasteiger partial charge >= 0.3 is 6.09 Å². The fraction of sp³-hybridized carbons (Fsp3) is 0.217. The number of carbonyl (C=O) groups is 2. The number of rotatable bonds is 6. The molecule has 1 saturated heterocycles. The number of hydrogen-bond donors (Lipinski definition) is 1. The molecule has 32 heavy (non-hydrogen) atoms. The summed E-state index contributed by atoms with van der Waals surface area (Å²) in [4.78, 5) is 34.4. The Hall–Kier alpha value is -4.01. The first-order valence-electron chi connectivity index (χ1n) is 9.94. The van der Waals surface area contributed by atoms with Crippen LogP contribution in [0.3, 0.4) is 0 Å². The smallest absolute Gasteiger partial charge is 0.414 e. The lowest BCUT2D eigenvalue weighted by atomic mass is 10.2. The van der Waals surface area contributed by atoms with E-state index in [1.165, 1.54) is 24.2 Å². The Morgan fingerprint density at radius 1 is 1.34 bits per heavy atom.